The van der Waals surface area contributed by atoms with Gasteiger partial charge in [-0.25, -0.2) is 0 Å². The first kappa shape index (κ1) is 13.9. The zero-order valence-corrected chi connectivity index (χ0v) is 11.4. The first-order chi connectivity index (χ1) is 9.58. The van der Waals surface area contributed by atoms with Gasteiger partial charge < -0.3 is 14.6 Å². The van der Waals surface area contributed by atoms with Crippen LogP contribution < -0.4 is 9.47 Å². The van der Waals surface area contributed by atoms with Gasteiger partial charge in [0.15, 0.2) is 11.5 Å². The van der Waals surface area contributed by atoms with Crippen LogP contribution in [-0.4, -0.2) is 18.2 Å². The Morgan fingerprint density at radius 2 is 1.80 bits per heavy atom. The molecule has 20 heavy (non-hydrogen) atoms. The lowest BCUT2D eigenvalue weighted by Crippen LogP contribution is -1.99. The molecule has 0 heterocycles. The second-order valence-electron chi connectivity index (χ2n) is 4.47. The van der Waals surface area contributed by atoms with Crippen LogP contribution in [0.3, 0.4) is 0 Å². The summed E-state index contributed by atoms with van der Waals surface area (Å²) in [5.41, 5.74) is 1.83. The van der Waals surface area contributed by atoms with Crippen molar-refractivity contribution >= 4 is 5.97 Å². The Morgan fingerprint density at radius 1 is 1.10 bits per heavy atom. The average molecular weight is 272 g/mol. The Hall–Kier alpha value is -2.49. The number of carboxylic acid groups (broad SMARTS) is 1. The Labute approximate surface area is 117 Å². The Kier molecular flexibility index (Phi) is 4.25. The van der Waals surface area contributed by atoms with Crippen molar-refractivity contribution in [3.63, 3.8) is 0 Å². The fourth-order valence-corrected chi connectivity index (χ4v) is 1.84. The van der Waals surface area contributed by atoms with E-state index >= 15 is 0 Å². The van der Waals surface area contributed by atoms with Crippen molar-refractivity contribution in [3.8, 4) is 17.2 Å². The maximum absolute atomic E-state index is 10.6. The fourth-order valence-electron chi connectivity index (χ4n) is 1.84. The number of carbonyl (C=O) groups is 1. The molecular formula is C16H16O4. The van der Waals surface area contributed by atoms with E-state index in [9.17, 15) is 4.79 Å². The third kappa shape index (κ3) is 3.51. The standard InChI is InChI=1S/C16H16O4/c1-11-3-8-14(15(9-11)19-2)20-13-6-4-12(5-7-13)10-16(17)18/h3-9H,10H2,1-2H3,(H,17,18). The molecule has 0 bridgehead atoms. The van der Waals surface area contributed by atoms with Gasteiger partial charge in [-0.1, -0.05) is 18.2 Å². The molecule has 0 amide bonds. The van der Waals surface area contributed by atoms with Gasteiger partial charge >= 0.3 is 5.97 Å². The summed E-state index contributed by atoms with van der Waals surface area (Å²) < 4.78 is 11.0. The smallest absolute Gasteiger partial charge is 0.307 e. The van der Waals surface area contributed by atoms with Crippen LogP contribution in [0.2, 0.25) is 0 Å². The predicted octanol–water partition coefficient (Wildman–Crippen LogP) is 3.42. The second-order valence-corrected chi connectivity index (χ2v) is 4.47. The molecule has 0 spiro atoms. The molecule has 0 aliphatic rings. The first-order valence-electron chi connectivity index (χ1n) is 6.21. The Balaban J connectivity index is 2.16. The molecule has 0 radical (unpaired) electrons. The highest BCUT2D eigenvalue weighted by Gasteiger charge is 2.06. The predicted molar refractivity (Wildman–Crippen MR) is 75.6 cm³/mol. The van der Waals surface area contributed by atoms with E-state index in [4.69, 9.17) is 14.6 Å². The lowest BCUT2D eigenvalue weighted by atomic mass is 10.1. The van der Waals surface area contributed by atoms with Crippen LogP contribution in [0.1, 0.15) is 11.1 Å². The largest absolute Gasteiger partial charge is 0.493 e. The van der Waals surface area contributed by atoms with E-state index in [2.05, 4.69) is 0 Å². The second kappa shape index (κ2) is 6.10. The van der Waals surface area contributed by atoms with Gasteiger partial charge in [0.2, 0.25) is 0 Å². The quantitative estimate of drug-likeness (QED) is 0.906. The van der Waals surface area contributed by atoms with E-state index in [0.717, 1.165) is 11.1 Å². The van der Waals surface area contributed by atoms with Crippen LogP contribution in [0.15, 0.2) is 42.5 Å². The minimum atomic E-state index is -0.848. The van der Waals surface area contributed by atoms with E-state index < -0.39 is 5.97 Å². The Bertz CT molecular complexity index is 602. The normalized spacial score (nSPS) is 10.1. The monoisotopic (exact) mass is 272 g/mol. The summed E-state index contributed by atoms with van der Waals surface area (Å²) in [7, 11) is 1.59. The lowest BCUT2D eigenvalue weighted by molar-refractivity contribution is -0.136. The zero-order valence-electron chi connectivity index (χ0n) is 11.4. The third-order valence-corrected chi connectivity index (χ3v) is 2.83. The van der Waals surface area contributed by atoms with Crippen molar-refractivity contribution in [2.45, 2.75) is 13.3 Å². The molecule has 0 fully saturated rings. The van der Waals surface area contributed by atoms with Crippen LogP contribution in [0.5, 0.6) is 17.2 Å². The van der Waals surface area contributed by atoms with Crippen molar-refractivity contribution in [1.82, 2.24) is 0 Å². The number of ether oxygens (including phenoxy) is 2. The molecular weight excluding hydrogens is 256 g/mol. The Morgan fingerprint density at radius 3 is 2.40 bits per heavy atom. The minimum absolute atomic E-state index is 0.00807. The molecule has 0 unspecified atom stereocenters. The fraction of sp³-hybridized carbons (Fsp3) is 0.188. The van der Waals surface area contributed by atoms with Crippen molar-refractivity contribution in [3.05, 3.63) is 53.6 Å². The molecule has 0 aliphatic carbocycles. The van der Waals surface area contributed by atoms with Gasteiger partial charge in [-0.3, -0.25) is 4.79 Å². The summed E-state index contributed by atoms with van der Waals surface area (Å²) in [6, 6.07) is 12.7. The summed E-state index contributed by atoms with van der Waals surface area (Å²) in [5, 5.41) is 8.72. The van der Waals surface area contributed by atoms with Crippen molar-refractivity contribution < 1.29 is 19.4 Å². The minimum Gasteiger partial charge on any atom is -0.493 e. The van der Waals surface area contributed by atoms with Crippen molar-refractivity contribution in [1.29, 1.82) is 0 Å². The van der Waals surface area contributed by atoms with Crippen LogP contribution in [-0.2, 0) is 11.2 Å². The molecule has 1 N–H and O–H groups in total. The van der Waals surface area contributed by atoms with Crippen molar-refractivity contribution in [2.75, 3.05) is 7.11 Å². The van der Waals surface area contributed by atoms with Crippen LogP contribution in [0.25, 0.3) is 0 Å². The molecule has 104 valence electrons. The molecule has 0 saturated heterocycles. The number of aliphatic carboxylic acids is 1. The number of hydrogen-bond donors (Lipinski definition) is 1. The number of hydrogen-bond acceptors (Lipinski definition) is 3. The molecule has 0 saturated carbocycles. The highest BCUT2D eigenvalue weighted by atomic mass is 16.5. The summed E-state index contributed by atoms with van der Waals surface area (Å²) in [6.07, 6.45) is 0.00807. The molecule has 2 aromatic carbocycles. The summed E-state index contributed by atoms with van der Waals surface area (Å²) in [6.45, 7) is 1.98. The molecule has 4 heteroatoms. The van der Waals surface area contributed by atoms with Gasteiger partial charge in [0.25, 0.3) is 0 Å². The van der Waals surface area contributed by atoms with E-state index in [-0.39, 0.29) is 6.42 Å². The zero-order chi connectivity index (χ0) is 14.5. The number of rotatable bonds is 5. The van der Waals surface area contributed by atoms with Gasteiger partial charge in [-0.2, -0.15) is 0 Å². The van der Waals surface area contributed by atoms with Crippen LogP contribution in [0, 0.1) is 6.92 Å². The topological polar surface area (TPSA) is 55.8 Å². The van der Waals surface area contributed by atoms with E-state index in [1.165, 1.54) is 0 Å². The molecule has 4 nitrogen and oxygen atoms in total. The summed E-state index contributed by atoms with van der Waals surface area (Å²) in [5.74, 6) is 1.09. The number of carboxylic acids is 1. The number of aryl methyl sites for hydroxylation is 1. The molecule has 0 aliphatic heterocycles. The van der Waals surface area contributed by atoms with E-state index in [1.807, 2.05) is 25.1 Å². The van der Waals surface area contributed by atoms with Gasteiger partial charge in [0.1, 0.15) is 5.75 Å². The lowest BCUT2D eigenvalue weighted by Gasteiger charge is -2.11. The van der Waals surface area contributed by atoms with Gasteiger partial charge in [0.05, 0.1) is 13.5 Å². The van der Waals surface area contributed by atoms with E-state index in [1.54, 1.807) is 31.4 Å². The third-order valence-electron chi connectivity index (χ3n) is 2.83. The number of benzene rings is 2. The molecule has 2 rings (SSSR count). The first-order valence-corrected chi connectivity index (χ1v) is 6.21. The summed E-state index contributed by atoms with van der Waals surface area (Å²) in [4.78, 5) is 10.6. The SMILES string of the molecule is COc1cc(C)ccc1Oc1ccc(CC(=O)O)cc1. The highest BCUT2D eigenvalue weighted by Crippen LogP contribution is 2.32. The maximum Gasteiger partial charge on any atom is 0.307 e. The van der Waals surface area contributed by atoms with Crippen LogP contribution in [0.4, 0.5) is 0 Å². The maximum atomic E-state index is 10.6. The number of methoxy groups -OCH3 is 1. The molecule has 0 atom stereocenters. The molecule has 0 aromatic heterocycles. The molecule has 2 aromatic rings. The summed E-state index contributed by atoms with van der Waals surface area (Å²) >= 11 is 0. The van der Waals surface area contributed by atoms with Crippen LogP contribution >= 0.6 is 0 Å². The average Bonchev–Trinajstić information content (AvgIpc) is 2.42. The van der Waals surface area contributed by atoms with Gasteiger partial charge in [-0.05, 0) is 42.3 Å². The van der Waals surface area contributed by atoms with Gasteiger partial charge in [-0.15, -0.1) is 0 Å². The van der Waals surface area contributed by atoms with Crippen molar-refractivity contribution in [2.24, 2.45) is 0 Å². The van der Waals surface area contributed by atoms with E-state index in [0.29, 0.717) is 17.2 Å². The van der Waals surface area contributed by atoms with Gasteiger partial charge in [0, 0.05) is 0 Å². The highest BCUT2D eigenvalue weighted by molar-refractivity contribution is 5.70.